The Morgan fingerprint density at radius 1 is 1.11 bits per heavy atom. The van der Waals surface area contributed by atoms with Crippen molar-refractivity contribution in [2.45, 2.75) is 13.0 Å². The summed E-state index contributed by atoms with van der Waals surface area (Å²) in [6.45, 7) is 2.40. The van der Waals surface area contributed by atoms with E-state index in [1.54, 1.807) is 36.4 Å². The number of nitrogens with zero attached hydrogens (tertiary/aromatic N) is 2. The van der Waals surface area contributed by atoms with Gasteiger partial charge in [-0.05, 0) is 67.1 Å². The number of aliphatic hydroxyl groups is 1. The molecule has 1 aliphatic rings. The lowest BCUT2D eigenvalue weighted by Gasteiger charge is -2.23. The number of anilines is 1. The first kappa shape index (κ1) is 23.2. The van der Waals surface area contributed by atoms with E-state index in [2.05, 4.69) is 20.9 Å². The normalized spacial score (nSPS) is 17.3. The summed E-state index contributed by atoms with van der Waals surface area (Å²) in [7, 11) is 0. The maximum absolute atomic E-state index is 13.5. The van der Waals surface area contributed by atoms with E-state index >= 15 is 0 Å². The highest BCUT2D eigenvalue weighted by atomic mass is 79.9. The van der Waals surface area contributed by atoms with Crippen molar-refractivity contribution in [3.05, 3.63) is 93.7 Å². The smallest absolute Gasteiger partial charge is 0.301 e. The molecule has 1 saturated heterocycles. The third-order valence-electron chi connectivity index (χ3n) is 5.61. The molecule has 1 aromatic heterocycles. The van der Waals surface area contributed by atoms with Crippen LogP contribution in [0.1, 0.15) is 24.1 Å². The van der Waals surface area contributed by atoms with Crippen LogP contribution < -0.4 is 9.64 Å². The summed E-state index contributed by atoms with van der Waals surface area (Å²) in [6.07, 6.45) is 0. The highest BCUT2D eigenvalue weighted by Crippen LogP contribution is 2.44. The van der Waals surface area contributed by atoms with Crippen molar-refractivity contribution < 1.29 is 23.8 Å². The van der Waals surface area contributed by atoms with Gasteiger partial charge in [0.2, 0.25) is 0 Å². The van der Waals surface area contributed by atoms with Gasteiger partial charge in [-0.3, -0.25) is 14.5 Å². The molecule has 1 fully saturated rings. The number of rotatable bonds is 5. The third kappa shape index (κ3) is 4.21. The maximum Gasteiger partial charge on any atom is 0.301 e. The SMILES string of the molecule is CCOc1ccc2nc(N3C(=O)C(=O)/C(=C(/O)c4ccc(F)cc4)[C@@H]3c3ccc(Br)cc3)sc2c1. The predicted molar refractivity (Wildman–Crippen MR) is 136 cm³/mol. The molecule has 0 bridgehead atoms. The Hall–Kier alpha value is -3.56. The number of hydrogen-bond donors (Lipinski definition) is 1. The minimum Gasteiger partial charge on any atom is -0.507 e. The number of aliphatic hydroxyl groups excluding tert-OH is 1. The molecule has 1 atom stereocenters. The zero-order valence-electron chi connectivity index (χ0n) is 18.4. The second kappa shape index (κ2) is 9.24. The highest BCUT2D eigenvalue weighted by Gasteiger charge is 2.48. The molecule has 4 aromatic rings. The molecule has 9 heteroatoms. The Balaban J connectivity index is 1.69. The summed E-state index contributed by atoms with van der Waals surface area (Å²) in [6, 6.07) is 16.7. The van der Waals surface area contributed by atoms with Crippen molar-refractivity contribution in [1.29, 1.82) is 0 Å². The van der Waals surface area contributed by atoms with Gasteiger partial charge in [0.05, 0.1) is 28.4 Å². The Kier molecular flexibility index (Phi) is 6.12. The first-order chi connectivity index (χ1) is 16.9. The zero-order valence-corrected chi connectivity index (χ0v) is 20.8. The van der Waals surface area contributed by atoms with Crippen molar-refractivity contribution in [2.75, 3.05) is 11.5 Å². The van der Waals surface area contributed by atoms with Gasteiger partial charge in [0, 0.05) is 10.0 Å². The Labute approximate surface area is 212 Å². The Bertz CT molecular complexity index is 1480. The number of aromatic nitrogens is 1. The van der Waals surface area contributed by atoms with Gasteiger partial charge < -0.3 is 9.84 Å². The summed E-state index contributed by atoms with van der Waals surface area (Å²) in [5.74, 6) is -1.82. The Morgan fingerprint density at radius 2 is 1.83 bits per heavy atom. The van der Waals surface area contributed by atoms with Gasteiger partial charge >= 0.3 is 5.91 Å². The number of thiazole rings is 1. The molecule has 0 unspecified atom stereocenters. The molecule has 6 nitrogen and oxygen atoms in total. The van der Waals surface area contributed by atoms with Gasteiger partial charge in [0.15, 0.2) is 5.13 Å². The number of hydrogen-bond acceptors (Lipinski definition) is 6. The molecule has 1 amide bonds. The van der Waals surface area contributed by atoms with E-state index in [4.69, 9.17) is 4.74 Å². The van der Waals surface area contributed by atoms with Crippen LogP contribution in [-0.4, -0.2) is 28.4 Å². The van der Waals surface area contributed by atoms with Crippen LogP contribution >= 0.6 is 27.3 Å². The number of halogens is 2. The van der Waals surface area contributed by atoms with Crippen LogP contribution in [-0.2, 0) is 9.59 Å². The number of Topliss-reactive ketones (excluding diaryl/α,β-unsaturated/α-hetero) is 1. The van der Waals surface area contributed by atoms with Crippen LogP contribution in [0.4, 0.5) is 9.52 Å². The monoisotopic (exact) mass is 552 g/mol. The van der Waals surface area contributed by atoms with Gasteiger partial charge in [-0.1, -0.05) is 39.4 Å². The predicted octanol–water partition coefficient (Wildman–Crippen LogP) is 6.22. The van der Waals surface area contributed by atoms with Crippen molar-refractivity contribution >= 4 is 60.1 Å². The van der Waals surface area contributed by atoms with E-state index in [1.165, 1.54) is 40.5 Å². The number of carbonyl (C=O) groups excluding carboxylic acids is 2. The lowest BCUT2D eigenvalue weighted by Crippen LogP contribution is -2.29. The number of amides is 1. The number of fused-ring (bicyclic) bond motifs is 1. The molecule has 0 aliphatic carbocycles. The fourth-order valence-corrected chi connectivity index (χ4v) is 5.29. The lowest BCUT2D eigenvalue weighted by molar-refractivity contribution is -0.132. The molecule has 0 spiro atoms. The van der Waals surface area contributed by atoms with Crippen LogP contribution in [0.3, 0.4) is 0 Å². The van der Waals surface area contributed by atoms with E-state index in [0.717, 1.165) is 9.17 Å². The maximum atomic E-state index is 13.5. The van der Waals surface area contributed by atoms with Crippen molar-refractivity contribution in [2.24, 2.45) is 0 Å². The van der Waals surface area contributed by atoms with Gasteiger partial charge in [-0.2, -0.15) is 0 Å². The zero-order chi connectivity index (χ0) is 24.7. The average Bonchev–Trinajstić information content (AvgIpc) is 3.38. The third-order valence-corrected chi connectivity index (χ3v) is 7.16. The Morgan fingerprint density at radius 3 is 2.51 bits per heavy atom. The number of carbonyl (C=O) groups is 2. The van der Waals surface area contributed by atoms with Crippen molar-refractivity contribution in [3.63, 3.8) is 0 Å². The van der Waals surface area contributed by atoms with Crippen LogP contribution in [0.25, 0.3) is 16.0 Å². The van der Waals surface area contributed by atoms with E-state index in [0.29, 0.717) is 28.6 Å². The summed E-state index contributed by atoms with van der Waals surface area (Å²) in [4.78, 5) is 32.5. The number of ketones is 1. The summed E-state index contributed by atoms with van der Waals surface area (Å²) >= 11 is 4.65. The largest absolute Gasteiger partial charge is 0.507 e. The van der Waals surface area contributed by atoms with E-state index in [1.807, 2.05) is 13.0 Å². The van der Waals surface area contributed by atoms with Crippen molar-refractivity contribution in [3.8, 4) is 5.75 Å². The fraction of sp³-hybridized carbons (Fsp3) is 0.115. The molecule has 5 rings (SSSR count). The topological polar surface area (TPSA) is 79.7 Å². The van der Waals surface area contributed by atoms with E-state index in [9.17, 15) is 19.1 Å². The first-order valence-electron chi connectivity index (χ1n) is 10.7. The van der Waals surface area contributed by atoms with E-state index in [-0.39, 0.29) is 16.9 Å². The molecule has 0 radical (unpaired) electrons. The second-order valence-electron chi connectivity index (χ2n) is 7.79. The van der Waals surface area contributed by atoms with E-state index < -0.39 is 23.5 Å². The first-order valence-corrected chi connectivity index (χ1v) is 12.3. The minimum atomic E-state index is -0.917. The average molecular weight is 553 g/mol. The van der Waals surface area contributed by atoms with Crippen LogP contribution in [0.2, 0.25) is 0 Å². The van der Waals surface area contributed by atoms with Crippen LogP contribution in [0, 0.1) is 5.82 Å². The standard InChI is InChI=1S/C26H18BrFN2O4S/c1-2-34-18-11-12-19-20(13-18)35-26(29-19)30-22(14-3-7-16(27)8-4-14)21(24(32)25(30)33)23(31)15-5-9-17(28)10-6-15/h3-13,22,31H,2H2,1H3/b23-21+/t22-/m0/s1. The molecule has 1 aliphatic heterocycles. The van der Waals surface area contributed by atoms with Crippen LogP contribution in [0.5, 0.6) is 5.75 Å². The molecule has 3 aromatic carbocycles. The van der Waals surface area contributed by atoms with Crippen LogP contribution in [0.15, 0.2) is 76.8 Å². The lowest BCUT2D eigenvalue weighted by atomic mass is 9.95. The second-order valence-corrected chi connectivity index (χ2v) is 9.71. The molecule has 35 heavy (non-hydrogen) atoms. The fourth-order valence-electron chi connectivity index (χ4n) is 4.01. The van der Waals surface area contributed by atoms with Gasteiger partial charge in [0.25, 0.3) is 5.78 Å². The summed E-state index contributed by atoms with van der Waals surface area (Å²) in [5.41, 5.74) is 1.42. The summed E-state index contributed by atoms with van der Waals surface area (Å²) < 4.78 is 20.6. The van der Waals surface area contributed by atoms with Gasteiger partial charge in [0.1, 0.15) is 17.3 Å². The molecular weight excluding hydrogens is 535 g/mol. The highest BCUT2D eigenvalue weighted by molar-refractivity contribution is 9.10. The summed E-state index contributed by atoms with van der Waals surface area (Å²) in [5, 5.41) is 11.4. The molecule has 1 N–H and O–H groups in total. The quantitative estimate of drug-likeness (QED) is 0.180. The molecule has 2 heterocycles. The minimum absolute atomic E-state index is 0.0850. The van der Waals surface area contributed by atoms with Crippen molar-refractivity contribution in [1.82, 2.24) is 4.98 Å². The number of ether oxygens (including phenoxy) is 1. The molecule has 0 saturated carbocycles. The molecule has 176 valence electrons. The van der Waals surface area contributed by atoms with Gasteiger partial charge in [-0.25, -0.2) is 9.37 Å². The number of benzene rings is 3. The van der Waals surface area contributed by atoms with Gasteiger partial charge in [-0.15, -0.1) is 0 Å². The molecular formula is C26H18BrFN2O4S.